The summed E-state index contributed by atoms with van der Waals surface area (Å²) in [5.41, 5.74) is 0. The summed E-state index contributed by atoms with van der Waals surface area (Å²) in [6, 6.07) is -0.824. The van der Waals surface area contributed by atoms with Crippen molar-refractivity contribution in [3.8, 4) is 0 Å². The Morgan fingerprint density at radius 3 is 1.04 bits per heavy atom. The summed E-state index contributed by atoms with van der Waals surface area (Å²) >= 11 is 0. The van der Waals surface area contributed by atoms with E-state index in [1.807, 2.05) is 6.08 Å². The highest BCUT2D eigenvalue weighted by molar-refractivity contribution is 5.76. The van der Waals surface area contributed by atoms with Crippen LogP contribution in [0.15, 0.2) is 72.9 Å². The molecular formula is C83H153NO8. The molecule has 0 aromatic heterocycles. The van der Waals surface area contributed by atoms with Gasteiger partial charge in [0.1, 0.15) is 24.4 Å². The molecule has 0 bridgehead atoms. The van der Waals surface area contributed by atoms with Crippen LogP contribution in [0.2, 0.25) is 0 Å². The van der Waals surface area contributed by atoms with Crippen molar-refractivity contribution in [1.82, 2.24) is 5.32 Å². The molecule has 1 aliphatic heterocycles. The molecule has 1 amide bonds. The highest BCUT2D eigenvalue weighted by atomic mass is 16.7. The Hall–Kier alpha value is -2.37. The first kappa shape index (κ1) is 87.6. The number of ether oxygens (including phenoxy) is 2. The molecule has 1 fully saturated rings. The van der Waals surface area contributed by atoms with Gasteiger partial charge in [-0.15, -0.1) is 0 Å². The number of nitrogens with one attached hydrogen (secondary N) is 1. The normalized spacial score (nSPS) is 18.0. The zero-order valence-corrected chi connectivity index (χ0v) is 60.6. The van der Waals surface area contributed by atoms with Gasteiger partial charge >= 0.3 is 0 Å². The van der Waals surface area contributed by atoms with Gasteiger partial charge < -0.3 is 40.3 Å². The van der Waals surface area contributed by atoms with E-state index in [0.717, 1.165) is 64.2 Å². The molecular weight excluding hydrogens is 1140 g/mol. The highest BCUT2D eigenvalue weighted by Crippen LogP contribution is 2.24. The molecule has 0 aliphatic carbocycles. The van der Waals surface area contributed by atoms with E-state index >= 15 is 0 Å². The Bertz CT molecular complexity index is 1690. The molecule has 1 saturated heterocycles. The molecule has 0 saturated carbocycles. The maximum atomic E-state index is 13.2. The van der Waals surface area contributed by atoms with Crippen LogP contribution in [0.4, 0.5) is 0 Å². The van der Waals surface area contributed by atoms with Crippen LogP contribution in [0, 0.1) is 0 Å². The van der Waals surface area contributed by atoms with E-state index < -0.39 is 49.5 Å². The number of unbranched alkanes of at least 4 members (excludes halogenated alkanes) is 51. The number of rotatable bonds is 71. The van der Waals surface area contributed by atoms with Crippen molar-refractivity contribution in [3.05, 3.63) is 72.9 Å². The molecule has 538 valence electrons. The Kier molecular flexibility index (Phi) is 68.0. The fourth-order valence-corrected chi connectivity index (χ4v) is 12.8. The number of hydrogen-bond acceptors (Lipinski definition) is 8. The molecule has 1 aliphatic rings. The van der Waals surface area contributed by atoms with Crippen LogP contribution < -0.4 is 5.32 Å². The molecule has 0 aromatic rings. The molecule has 0 aromatic carbocycles. The summed E-state index contributed by atoms with van der Waals surface area (Å²) in [6.45, 7) is 3.71. The van der Waals surface area contributed by atoms with E-state index in [0.29, 0.717) is 6.42 Å². The SMILES string of the molecule is CC/C=C\C/C=C\C/C=C\C/C=C\CCCCCCCCCCCCCCCCCCCCCCCCCCCCCCC(=O)NC(COC1OC(CO)C(O)C(O)C1O)C(O)/C=C/CC/C=C/CCCCCCCCCCCCCCCCCCCCCCCC. The van der Waals surface area contributed by atoms with Gasteiger partial charge in [-0.25, -0.2) is 0 Å². The van der Waals surface area contributed by atoms with Gasteiger partial charge in [0, 0.05) is 6.42 Å². The standard InChI is InChI=1S/C83H153NO8/c1-3-5-7-9-11-13-15-17-19-21-23-25-27-29-31-33-34-35-36-37-38-39-40-41-42-43-44-45-47-49-51-53-55-57-59-61-63-65-67-69-71-73-79(87)84-76(75-91-83-82(90)81(89)80(88)78(74-85)92-83)77(86)72-70-68-66-64-62-60-58-56-54-52-50-48-46-32-30-28-26-24-22-20-18-16-14-12-10-8-6-4-2/h5,7,11,13,17,19,23,25,62,64,70,72,76-78,80-83,85-86,88-90H,3-4,6,8-10,12,14-16,18,20-22,24,26-61,63,65-69,71,73-75H2,1-2H3,(H,84,87)/b7-5-,13-11-,19-17-,25-23-,64-62+,72-70+. The van der Waals surface area contributed by atoms with E-state index in [9.17, 15) is 30.3 Å². The van der Waals surface area contributed by atoms with Crippen molar-refractivity contribution >= 4 is 5.91 Å². The lowest BCUT2D eigenvalue weighted by Gasteiger charge is -2.40. The molecule has 0 radical (unpaired) electrons. The average Bonchev–Trinajstić information content (AvgIpc) is 1.00. The Morgan fingerprint density at radius 1 is 0.380 bits per heavy atom. The van der Waals surface area contributed by atoms with Crippen LogP contribution in [0.25, 0.3) is 0 Å². The molecule has 7 atom stereocenters. The highest BCUT2D eigenvalue weighted by Gasteiger charge is 2.44. The predicted octanol–water partition coefficient (Wildman–Crippen LogP) is 23.0. The Morgan fingerprint density at radius 2 is 0.685 bits per heavy atom. The minimum absolute atomic E-state index is 0.179. The van der Waals surface area contributed by atoms with Gasteiger partial charge in [0.05, 0.1) is 25.4 Å². The summed E-state index contributed by atoms with van der Waals surface area (Å²) < 4.78 is 11.3. The quantitative estimate of drug-likeness (QED) is 0.0261. The van der Waals surface area contributed by atoms with Crippen LogP contribution in [-0.2, 0) is 14.3 Å². The number of hydrogen-bond donors (Lipinski definition) is 6. The Labute approximate surface area is 569 Å². The molecule has 7 unspecified atom stereocenters. The fraction of sp³-hybridized carbons (Fsp3) is 0.843. The van der Waals surface area contributed by atoms with Crippen LogP contribution in [-0.4, -0.2) is 87.5 Å². The topological polar surface area (TPSA) is 149 Å². The van der Waals surface area contributed by atoms with Crippen LogP contribution in [0.3, 0.4) is 0 Å². The van der Waals surface area contributed by atoms with Gasteiger partial charge in [-0.1, -0.05) is 389 Å². The third kappa shape index (κ3) is 58.9. The van der Waals surface area contributed by atoms with Crippen molar-refractivity contribution in [3.63, 3.8) is 0 Å². The zero-order chi connectivity index (χ0) is 66.4. The van der Waals surface area contributed by atoms with Crippen LogP contribution >= 0.6 is 0 Å². The van der Waals surface area contributed by atoms with Crippen molar-refractivity contribution < 1.29 is 39.8 Å². The first-order valence-corrected chi connectivity index (χ1v) is 40.2. The average molecular weight is 1290 g/mol. The minimum atomic E-state index is -1.57. The molecule has 1 heterocycles. The number of amides is 1. The van der Waals surface area contributed by atoms with Crippen molar-refractivity contribution in [2.75, 3.05) is 13.2 Å². The molecule has 9 nitrogen and oxygen atoms in total. The maximum Gasteiger partial charge on any atom is 0.220 e. The molecule has 9 heteroatoms. The second kappa shape index (κ2) is 71.4. The number of aliphatic hydroxyl groups is 5. The van der Waals surface area contributed by atoms with Crippen molar-refractivity contribution in [2.45, 2.75) is 436 Å². The summed E-state index contributed by atoms with van der Waals surface area (Å²) in [6.07, 6.45) is 94.9. The smallest absolute Gasteiger partial charge is 0.220 e. The minimum Gasteiger partial charge on any atom is -0.394 e. The number of aliphatic hydroxyl groups excluding tert-OH is 5. The maximum absolute atomic E-state index is 13.2. The number of carbonyl (C=O) groups excluding carboxylic acids is 1. The molecule has 0 spiro atoms. The van der Waals surface area contributed by atoms with E-state index in [4.69, 9.17) is 9.47 Å². The van der Waals surface area contributed by atoms with Gasteiger partial charge in [-0.05, 0) is 70.6 Å². The fourth-order valence-electron chi connectivity index (χ4n) is 12.8. The first-order chi connectivity index (χ1) is 45.3. The van der Waals surface area contributed by atoms with Gasteiger partial charge in [0.15, 0.2) is 6.29 Å². The van der Waals surface area contributed by atoms with E-state index in [2.05, 4.69) is 79.9 Å². The van der Waals surface area contributed by atoms with Crippen molar-refractivity contribution in [2.24, 2.45) is 0 Å². The van der Waals surface area contributed by atoms with Crippen LogP contribution in [0.1, 0.15) is 393 Å². The molecule has 6 N–H and O–H groups in total. The van der Waals surface area contributed by atoms with Gasteiger partial charge in [-0.3, -0.25) is 4.79 Å². The number of carbonyl (C=O) groups is 1. The van der Waals surface area contributed by atoms with Gasteiger partial charge in [-0.2, -0.15) is 0 Å². The lowest BCUT2D eigenvalue weighted by atomic mass is 9.99. The van der Waals surface area contributed by atoms with Crippen LogP contribution in [0.5, 0.6) is 0 Å². The van der Waals surface area contributed by atoms with E-state index in [-0.39, 0.29) is 12.5 Å². The second-order valence-electron chi connectivity index (χ2n) is 27.8. The predicted molar refractivity (Wildman–Crippen MR) is 396 cm³/mol. The van der Waals surface area contributed by atoms with E-state index in [1.54, 1.807) is 6.08 Å². The third-order valence-electron chi connectivity index (χ3n) is 19.0. The summed E-state index contributed by atoms with van der Waals surface area (Å²) in [5, 5.41) is 54.9. The molecule has 1 rings (SSSR count). The first-order valence-electron chi connectivity index (χ1n) is 40.2. The summed E-state index contributed by atoms with van der Waals surface area (Å²) in [7, 11) is 0. The third-order valence-corrected chi connectivity index (χ3v) is 19.0. The largest absolute Gasteiger partial charge is 0.394 e. The monoisotopic (exact) mass is 1290 g/mol. The lowest BCUT2D eigenvalue weighted by molar-refractivity contribution is -0.302. The summed E-state index contributed by atoms with van der Waals surface area (Å²) in [4.78, 5) is 13.2. The Balaban J connectivity index is 2.05. The second-order valence-corrected chi connectivity index (χ2v) is 27.8. The zero-order valence-electron chi connectivity index (χ0n) is 60.6. The van der Waals surface area contributed by atoms with Gasteiger partial charge in [0.2, 0.25) is 5.91 Å². The van der Waals surface area contributed by atoms with Gasteiger partial charge in [0.25, 0.3) is 0 Å². The summed E-state index contributed by atoms with van der Waals surface area (Å²) in [5.74, 6) is -0.179. The lowest BCUT2D eigenvalue weighted by Crippen LogP contribution is -2.60. The molecule has 92 heavy (non-hydrogen) atoms. The van der Waals surface area contributed by atoms with Crippen molar-refractivity contribution in [1.29, 1.82) is 0 Å². The number of allylic oxidation sites excluding steroid dienone is 11. The van der Waals surface area contributed by atoms with E-state index in [1.165, 1.54) is 308 Å².